The molecule has 0 amide bonds. The zero-order valence-electron chi connectivity index (χ0n) is 10.6. The summed E-state index contributed by atoms with van der Waals surface area (Å²) in [7, 11) is 0. The first-order valence-corrected chi connectivity index (χ1v) is 6.58. The van der Waals surface area contributed by atoms with E-state index in [4.69, 9.17) is 15.2 Å². The zero-order valence-corrected chi connectivity index (χ0v) is 10.6. The second kappa shape index (κ2) is 4.88. The summed E-state index contributed by atoms with van der Waals surface area (Å²) in [5.41, 5.74) is 7.25. The molecule has 0 radical (unpaired) electrons. The molecule has 1 fully saturated rings. The van der Waals surface area contributed by atoms with Crippen LogP contribution in [-0.2, 0) is 11.3 Å². The molecule has 1 saturated heterocycles. The summed E-state index contributed by atoms with van der Waals surface area (Å²) in [4.78, 5) is 2.44. The van der Waals surface area contributed by atoms with Crippen molar-refractivity contribution in [3.8, 4) is 5.75 Å². The average molecular weight is 248 g/mol. The van der Waals surface area contributed by atoms with E-state index in [1.54, 1.807) is 0 Å². The van der Waals surface area contributed by atoms with Gasteiger partial charge in [-0.1, -0.05) is 18.2 Å². The number of ether oxygens (including phenoxy) is 2. The molecule has 2 aliphatic heterocycles. The van der Waals surface area contributed by atoms with E-state index in [2.05, 4.69) is 17.0 Å². The molecule has 1 unspecified atom stereocenters. The van der Waals surface area contributed by atoms with Gasteiger partial charge >= 0.3 is 0 Å². The highest BCUT2D eigenvalue weighted by Crippen LogP contribution is 2.31. The maximum Gasteiger partial charge on any atom is 0.123 e. The number of para-hydroxylation sites is 1. The molecule has 98 valence electrons. The fourth-order valence-electron chi connectivity index (χ4n) is 2.87. The van der Waals surface area contributed by atoms with Gasteiger partial charge in [0, 0.05) is 31.8 Å². The summed E-state index contributed by atoms with van der Waals surface area (Å²) in [5, 5.41) is 0. The first-order chi connectivity index (χ1) is 8.84. The predicted octanol–water partition coefficient (Wildman–Crippen LogP) is 0.999. The van der Waals surface area contributed by atoms with Gasteiger partial charge in [0.2, 0.25) is 0 Å². The normalized spacial score (nSPS) is 28.5. The van der Waals surface area contributed by atoms with E-state index in [0.717, 1.165) is 45.1 Å². The van der Waals surface area contributed by atoms with Gasteiger partial charge in [0.1, 0.15) is 12.4 Å². The van der Waals surface area contributed by atoms with E-state index in [-0.39, 0.29) is 5.54 Å². The first-order valence-electron chi connectivity index (χ1n) is 6.58. The Morgan fingerprint density at radius 2 is 2.17 bits per heavy atom. The van der Waals surface area contributed by atoms with Crippen LogP contribution in [-0.4, -0.2) is 43.3 Å². The Kier molecular flexibility index (Phi) is 3.24. The van der Waals surface area contributed by atoms with E-state index < -0.39 is 0 Å². The molecule has 0 aliphatic carbocycles. The number of rotatable bonds is 2. The van der Waals surface area contributed by atoms with Crippen molar-refractivity contribution in [2.75, 3.05) is 32.9 Å². The van der Waals surface area contributed by atoms with Crippen LogP contribution >= 0.6 is 0 Å². The van der Waals surface area contributed by atoms with Crippen molar-refractivity contribution in [1.82, 2.24) is 4.90 Å². The number of hydrogen-bond donors (Lipinski definition) is 1. The lowest BCUT2D eigenvalue weighted by Gasteiger charge is -2.38. The highest BCUT2D eigenvalue weighted by atomic mass is 16.5. The predicted molar refractivity (Wildman–Crippen MR) is 69.6 cm³/mol. The van der Waals surface area contributed by atoms with Crippen molar-refractivity contribution in [2.24, 2.45) is 5.73 Å². The van der Waals surface area contributed by atoms with Crippen LogP contribution in [0.25, 0.3) is 0 Å². The fourth-order valence-corrected chi connectivity index (χ4v) is 2.87. The number of benzene rings is 1. The van der Waals surface area contributed by atoms with Gasteiger partial charge in [-0.2, -0.15) is 0 Å². The molecule has 2 aliphatic rings. The van der Waals surface area contributed by atoms with Crippen molar-refractivity contribution in [3.63, 3.8) is 0 Å². The van der Waals surface area contributed by atoms with Gasteiger partial charge in [0.05, 0.1) is 12.1 Å². The van der Waals surface area contributed by atoms with Crippen LogP contribution in [0.5, 0.6) is 5.75 Å². The van der Waals surface area contributed by atoms with E-state index >= 15 is 0 Å². The smallest absolute Gasteiger partial charge is 0.123 e. The highest BCUT2D eigenvalue weighted by molar-refractivity contribution is 5.34. The van der Waals surface area contributed by atoms with Crippen molar-refractivity contribution >= 4 is 0 Å². The van der Waals surface area contributed by atoms with E-state index in [0.29, 0.717) is 6.54 Å². The lowest BCUT2D eigenvalue weighted by molar-refractivity contribution is 0.0608. The third-order valence-electron chi connectivity index (χ3n) is 4.09. The van der Waals surface area contributed by atoms with Crippen molar-refractivity contribution in [1.29, 1.82) is 0 Å². The van der Waals surface area contributed by atoms with Gasteiger partial charge in [-0.3, -0.25) is 4.90 Å². The molecule has 4 heteroatoms. The minimum atomic E-state index is 0.000805. The number of nitrogens with two attached hydrogens (primary N) is 1. The molecule has 0 aromatic heterocycles. The quantitative estimate of drug-likeness (QED) is 0.848. The summed E-state index contributed by atoms with van der Waals surface area (Å²) in [6.07, 6.45) is 1.02. The van der Waals surface area contributed by atoms with Crippen LogP contribution < -0.4 is 10.5 Å². The molecule has 0 bridgehead atoms. The Labute approximate surface area is 108 Å². The van der Waals surface area contributed by atoms with E-state index in [1.165, 1.54) is 5.56 Å². The molecule has 1 aromatic rings. The standard InChI is InChI=1S/C14H20N2O2/c15-10-14(5-7-17-11-14)16-6-8-18-13-4-2-1-3-12(13)9-16/h1-4H,5-11,15H2. The Hall–Kier alpha value is -1.10. The van der Waals surface area contributed by atoms with E-state index in [1.807, 2.05) is 12.1 Å². The third-order valence-corrected chi connectivity index (χ3v) is 4.09. The van der Waals surface area contributed by atoms with Crippen LogP contribution in [0.3, 0.4) is 0 Å². The molecule has 3 rings (SSSR count). The second-order valence-corrected chi connectivity index (χ2v) is 5.11. The minimum Gasteiger partial charge on any atom is -0.492 e. The Bertz CT molecular complexity index is 416. The Morgan fingerprint density at radius 3 is 2.94 bits per heavy atom. The van der Waals surface area contributed by atoms with Gasteiger partial charge < -0.3 is 15.2 Å². The highest BCUT2D eigenvalue weighted by Gasteiger charge is 2.40. The maximum absolute atomic E-state index is 6.01. The van der Waals surface area contributed by atoms with Crippen LogP contribution in [0.2, 0.25) is 0 Å². The summed E-state index contributed by atoms with van der Waals surface area (Å²) in [5.74, 6) is 1.01. The zero-order chi connectivity index (χ0) is 12.4. The van der Waals surface area contributed by atoms with Crippen molar-refractivity contribution in [2.45, 2.75) is 18.5 Å². The molecule has 1 atom stereocenters. The summed E-state index contributed by atoms with van der Waals surface area (Å²) >= 11 is 0. The van der Waals surface area contributed by atoms with Crippen molar-refractivity contribution < 1.29 is 9.47 Å². The van der Waals surface area contributed by atoms with Gasteiger partial charge in [0.25, 0.3) is 0 Å². The van der Waals surface area contributed by atoms with Crippen LogP contribution in [0, 0.1) is 0 Å². The monoisotopic (exact) mass is 248 g/mol. The number of hydrogen-bond acceptors (Lipinski definition) is 4. The number of fused-ring (bicyclic) bond motifs is 1. The van der Waals surface area contributed by atoms with E-state index in [9.17, 15) is 0 Å². The van der Waals surface area contributed by atoms with Crippen LogP contribution in [0.1, 0.15) is 12.0 Å². The van der Waals surface area contributed by atoms with Gasteiger partial charge in [-0.05, 0) is 12.5 Å². The van der Waals surface area contributed by atoms with Crippen LogP contribution in [0.15, 0.2) is 24.3 Å². The molecule has 0 spiro atoms. The van der Waals surface area contributed by atoms with Gasteiger partial charge in [-0.15, -0.1) is 0 Å². The molecular weight excluding hydrogens is 228 g/mol. The third kappa shape index (κ3) is 2.00. The maximum atomic E-state index is 6.01. The SMILES string of the molecule is NCC1(N2CCOc3ccccc3C2)CCOC1. The molecule has 2 heterocycles. The van der Waals surface area contributed by atoms with Crippen LogP contribution in [0.4, 0.5) is 0 Å². The Balaban J connectivity index is 1.86. The molecule has 18 heavy (non-hydrogen) atoms. The number of nitrogens with zero attached hydrogens (tertiary/aromatic N) is 1. The Morgan fingerprint density at radius 1 is 1.28 bits per heavy atom. The largest absolute Gasteiger partial charge is 0.492 e. The van der Waals surface area contributed by atoms with Crippen molar-refractivity contribution in [3.05, 3.63) is 29.8 Å². The summed E-state index contributed by atoms with van der Waals surface area (Å²) in [6, 6.07) is 8.25. The lowest BCUT2D eigenvalue weighted by Crippen LogP contribution is -2.54. The molecule has 2 N–H and O–H groups in total. The van der Waals surface area contributed by atoms with Gasteiger partial charge in [0.15, 0.2) is 0 Å². The molecular formula is C14H20N2O2. The molecule has 0 saturated carbocycles. The lowest BCUT2D eigenvalue weighted by atomic mass is 9.95. The summed E-state index contributed by atoms with van der Waals surface area (Å²) < 4.78 is 11.4. The first kappa shape index (κ1) is 12.0. The average Bonchev–Trinajstić information content (AvgIpc) is 2.79. The topological polar surface area (TPSA) is 47.7 Å². The molecule has 1 aromatic carbocycles. The second-order valence-electron chi connectivity index (χ2n) is 5.11. The fraction of sp³-hybridized carbons (Fsp3) is 0.571. The summed E-state index contributed by atoms with van der Waals surface area (Å²) in [6.45, 7) is 4.74. The van der Waals surface area contributed by atoms with Gasteiger partial charge in [-0.25, -0.2) is 0 Å². The molecule has 4 nitrogen and oxygen atoms in total. The minimum absolute atomic E-state index is 0.000805.